The summed E-state index contributed by atoms with van der Waals surface area (Å²) in [4.78, 5) is 0. The van der Waals surface area contributed by atoms with Crippen LogP contribution in [0.25, 0.3) is 0 Å². The maximum absolute atomic E-state index is 5.98. The van der Waals surface area contributed by atoms with Crippen molar-refractivity contribution < 1.29 is 4.74 Å². The average molecular weight is 374 g/mol. The molecule has 1 N–H and O–H groups in total. The Kier molecular flexibility index (Phi) is 6.12. The second-order valence-electron chi connectivity index (χ2n) is 6.22. The molecule has 0 spiro atoms. The Morgan fingerprint density at radius 2 is 1.74 bits per heavy atom. The summed E-state index contributed by atoms with van der Waals surface area (Å²) in [7, 11) is 0. The summed E-state index contributed by atoms with van der Waals surface area (Å²) < 4.78 is 7.05. The molecule has 1 saturated carbocycles. The summed E-state index contributed by atoms with van der Waals surface area (Å²) in [6.07, 6.45) is 6.73. The molecule has 0 amide bonds. The lowest BCUT2D eigenvalue weighted by Crippen LogP contribution is -2.30. The first-order valence-corrected chi connectivity index (χ1v) is 9.30. The smallest absolute Gasteiger partial charge is 0.134 e. The van der Waals surface area contributed by atoms with Gasteiger partial charge in [-0.15, -0.1) is 0 Å². The van der Waals surface area contributed by atoms with Crippen LogP contribution in [0.3, 0.4) is 0 Å². The topological polar surface area (TPSA) is 21.3 Å². The van der Waals surface area contributed by atoms with Gasteiger partial charge in [0, 0.05) is 12.6 Å². The molecule has 0 aromatic heterocycles. The zero-order chi connectivity index (χ0) is 15.9. The van der Waals surface area contributed by atoms with E-state index in [4.69, 9.17) is 4.74 Å². The highest BCUT2D eigenvalue weighted by atomic mass is 79.9. The first-order chi connectivity index (χ1) is 11.3. The predicted octanol–water partition coefficient (Wildman–Crippen LogP) is 5.45. The first kappa shape index (κ1) is 16.5. The van der Waals surface area contributed by atoms with E-state index in [0.29, 0.717) is 12.6 Å². The Hall–Kier alpha value is -1.32. The molecule has 0 bridgehead atoms. The van der Waals surface area contributed by atoms with Gasteiger partial charge in [-0.25, -0.2) is 0 Å². The van der Waals surface area contributed by atoms with Crippen LogP contribution in [0.2, 0.25) is 0 Å². The molecule has 23 heavy (non-hydrogen) atoms. The van der Waals surface area contributed by atoms with Crippen LogP contribution >= 0.6 is 15.9 Å². The van der Waals surface area contributed by atoms with Gasteiger partial charge in [0.1, 0.15) is 12.4 Å². The fourth-order valence-electron chi connectivity index (χ4n) is 3.10. The fourth-order valence-corrected chi connectivity index (χ4v) is 3.62. The summed E-state index contributed by atoms with van der Waals surface area (Å²) in [5.74, 6) is 0.914. The molecule has 1 aliphatic carbocycles. The summed E-state index contributed by atoms with van der Waals surface area (Å²) in [5.41, 5.74) is 2.45. The van der Waals surface area contributed by atoms with E-state index in [-0.39, 0.29) is 0 Å². The lowest BCUT2D eigenvalue weighted by molar-refractivity contribution is 0.303. The molecule has 0 aliphatic heterocycles. The Morgan fingerprint density at radius 1 is 0.957 bits per heavy atom. The minimum atomic E-state index is 0.596. The SMILES string of the molecule is Brc1c(CNC2CCCCC2)cccc1OCc1ccccc1. The molecule has 0 radical (unpaired) electrons. The Morgan fingerprint density at radius 3 is 2.52 bits per heavy atom. The van der Waals surface area contributed by atoms with E-state index in [9.17, 15) is 0 Å². The van der Waals surface area contributed by atoms with Crippen LogP contribution in [0, 0.1) is 0 Å². The number of rotatable bonds is 6. The van der Waals surface area contributed by atoms with E-state index in [0.717, 1.165) is 16.8 Å². The minimum absolute atomic E-state index is 0.596. The van der Waals surface area contributed by atoms with Gasteiger partial charge in [-0.3, -0.25) is 0 Å². The van der Waals surface area contributed by atoms with Crippen molar-refractivity contribution in [2.45, 2.75) is 51.3 Å². The molecule has 2 nitrogen and oxygen atoms in total. The van der Waals surface area contributed by atoms with Crippen LogP contribution in [0.1, 0.15) is 43.2 Å². The van der Waals surface area contributed by atoms with Gasteiger partial charge in [0.15, 0.2) is 0 Å². The third-order valence-electron chi connectivity index (χ3n) is 4.47. The molecule has 0 heterocycles. The molecule has 0 unspecified atom stereocenters. The number of ether oxygens (including phenoxy) is 1. The quantitative estimate of drug-likeness (QED) is 0.726. The number of hydrogen-bond acceptors (Lipinski definition) is 2. The fraction of sp³-hybridized carbons (Fsp3) is 0.400. The van der Waals surface area contributed by atoms with Gasteiger partial charge < -0.3 is 10.1 Å². The number of nitrogens with one attached hydrogen (secondary N) is 1. The Balaban J connectivity index is 1.59. The second-order valence-corrected chi connectivity index (χ2v) is 7.01. The summed E-state index contributed by atoms with van der Waals surface area (Å²) in [6, 6.07) is 17.2. The van der Waals surface area contributed by atoms with Crippen molar-refractivity contribution in [3.05, 3.63) is 64.1 Å². The Labute approximate surface area is 147 Å². The molecular weight excluding hydrogens is 350 g/mol. The zero-order valence-corrected chi connectivity index (χ0v) is 15.0. The van der Waals surface area contributed by atoms with Gasteiger partial charge in [0.2, 0.25) is 0 Å². The lowest BCUT2D eigenvalue weighted by atomic mass is 9.95. The van der Waals surface area contributed by atoms with Crippen LogP contribution in [-0.4, -0.2) is 6.04 Å². The monoisotopic (exact) mass is 373 g/mol. The van der Waals surface area contributed by atoms with Crippen LogP contribution < -0.4 is 10.1 Å². The van der Waals surface area contributed by atoms with E-state index in [2.05, 4.69) is 45.5 Å². The zero-order valence-electron chi connectivity index (χ0n) is 13.4. The molecule has 2 aromatic rings. The van der Waals surface area contributed by atoms with Crippen molar-refractivity contribution >= 4 is 15.9 Å². The minimum Gasteiger partial charge on any atom is -0.488 e. The van der Waals surface area contributed by atoms with Crippen molar-refractivity contribution in [2.75, 3.05) is 0 Å². The van der Waals surface area contributed by atoms with Crippen LogP contribution in [0.4, 0.5) is 0 Å². The van der Waals surface area contributed by atoms with Gasteiger partial charge in [-0.2, -0.15) is 0 Å². The lowest BCUT2D eigenvalue weighted by Gasteiger charge is -2.23. The van der Waals surface area contributed by atoms with Crippen LogP contribution in [-0.2, 0) is 13.2 Å². The molecule has 0 atom stereocenters. The largest absolute Gasteiger partial charge is 0.488 e. The molecule has 1 aliphatic rings. The first-order valence-electron chi connectivity index (χ1n) is 8.50. The molecular formula is C20H24BrNO. The van der Waals surface area contributed by atoms with Crippen molar-refractivity contribution in [1.29, 1.82) is 0 Å². The van der Waals surface area contributed by atoms with E-state index in [1.54, 1.807) is 0 Å². The highest BCUT2D eigenvalue weighted by Crippen LogP contribution is 2.29. The normalized spacial score (nSPS) is 15.5. The number of hydrogen-bond donors (Lipinski definition) is 1. The van der Waals surface area contributed by atoms with Gasteiger partial charge in [0.05, 0.1) is 4.47 Å². The molecule has 3 rings (SSSR count). The number of halogens is 1. The molecule has 3 heteroatoms. The summed E-state index contributed by atoms with van der Waals surface area (Å²) in [5, 5.41) is 3.69. The highest BCUT2D eigenvalue weighted by Gasteiger charge is 2.14. The average Bonchev–Trinajstić information content (AvgIpc) is 2.61. The van der Waals surface area contributed by atoms with Gasteiger partial charge in [-0.1, -0.05) is 61.7 Å². The molecule has 122 valence electrons. The molecule has 1 fully saturated rings. The van der Waals surface area contributed by atoms with Gasteiger partial charge >= 0.3 is 0 Å². The highest BCUT2D eigenvalue weighted by molar-refractivity contribution is 9.10. The molecule has 0 saturated heterocycles. The van der Waals surface area contributed by atoms with Gasteiger partial charge in [0.25, 0.3) is 0 Å². The van der Waals surface area contributed by atoms with Crippen LogP contribution in [0.5, 0.6) is 5.75 Å². The standard InChI is InChI=1S/C20H24BrNO/c21-20-17(14-22-18-11-5-2-6-12-18)10-7-13-19(20)23-15-16-8-3-1-4-9-16/h1,3-4,7-10,13,18,22H,2,5-6,11-12,14-15H2. The van der Waals surface area contributed by atoms with E-state index in [1.165, 1.54) is 43.2 Å². The maximum Gasteiger partial charge on any atom is 0.134 e. The van der Waals surface area contributed by atoms with E-state index >= 15 is 0 Å². The van der Waals surface area contributed by atoms with Crippen molar-refractivity contribution in [2.24, 2.45) is 0 Å². The van der Waals surface area contributed by atoms with E-state index < -0.39 is 0 Å². The maximum atomic E-state index is 5.98. The molecule has 2 aromatic carbocycles. The predicted molar refractivity (Wildman–Crippen MR) is 98.6 cm³/mol. The van der Waals surface area contributed by atoms with Crippen LogP contribution in [0.15, 0.2) is 53.0 Å². The number of benzene rings is 2. The second kappa shape index (κ2) is 8.51. The van der Waals surface area contributed by atoms with Crippen molar-refractivity contribution in [3.8, 4) is 5.75 Å². The van der Waals surface area contributed by atoms with Crippen molar-refractivity contribution in [1.82, 2.24) is 5.32 Å². The summed E-state index contributed by atoms with van der Waals surface area (Å²) >= 11 is 3.71. The third kappa shape index (κ3) is 4.82. The van der Waals surface area contributed by atoms with E-state index in [1.807, 2.05) is 24.3 Å². The third-order valence-corrected chi connectivity index (χ3v) is 5.37. The van der Waals surface area contributed by atoms with Crippen molar-refractivity contribution in [3.63, 3.8) is 0 Å². The van der Waals surface area contributed by atoms with Gasteiger partial charge in [-0.05, 0) is 46.0 Å². The Bertz CT molecular complexity index is 608. The summed E-state index contributed by atoms with van der Waals surface area (Å²) in [6.45, 7) is 1.49.